The van der Waals surface area contributed by atoms with Crippen molar-refractivity contribution in [3.63, 3.8) is 0 Å². The molecule has 0 aliphatic carbocycles. The van der Waals surface area contributed by atoms with Gasteiger partial charge < -0.3 is 14.8 Å². The van der Waals surface area contributed by atoms with Crippen LogP contribution in [0, 0.1) is 17.0 Å². The van der Waals surface area contributed by atoms with Crippen molar-refractivity contribution in [3.8, 4) is 22.8 Å². The molecule has 2 aromatic heterocycles. The molecule has 10 heteroatoms. The maximum atomic E-state index is 12.8. The lowest BCUT2D eigenvalue weighted by molar-refractivity contribution is -0.384. The first-order chi connectivity index (χ1) is 14.5. The number of hydrogen-bond donors (Lipinski definition) is 1. The number of benzene rings is 2. The van der Waals surface area contributed by atoms with Gasteiger partial charge in [-0.2, -0.15) is 0 Å². The number of carbonyl (C=O) groups is 1. The zero-order chi connectivity index (χ0) is 20.8. The number of ether oxygens (including phenoxy) is 2. The van der Waals surface area contributed by atoms with Crippen LogP contribution in [0.25, 0.3) is 16.2 Å². The maximum Gasteiger partial charge on any atom is 0.270 e. The van der Waals surface area contributed by atoms with Crippen LogP contribution >= 0.6 is 11.3 Å². The third kappa shape index (κ3) is 3.03. The first-order valence-electron chi connectivity index (χ1n) is 8.94. The highest BCUT2D eigenvalue weighted by molar-refractivity contribution is 7.19. The van der Waals surface area contributed by atoms with E-state index < -0.39 is 4.92 Å². The highest BCUT2D eigenvalue weighted by Gasteiger charge is 2.20. The van der Waals surface area contributed by atoms with Crippen LogP contribution in [0.3, 0.4) is 0 Å². The molecule has 2 aromatic carbocycles. The summed E-state index contributed by atoms with van der Waals surface area (Å²) in [5.41, 5.74) is 2.59. The molecule has 150 valence electrons. The Morgan fingerprint density at radius 3 is 2.87 bits per heavy atom. The van der Waals surface area contributed by atoms with E-state index in [1.165, 1.54) is 23.5 Å². The van der Waals surface area contributed by atoms with E-state index >= 15 is 0 Å². The number of imidazole rings is 1. The van der Waals surface area contributed by atoms with Crippen LogP contribution in [0.15, 0.2) is 48.7 Å². The number of fused-ring (bicyclic) bond motifs is 2. The summed E-state index contributed by atoms with van der Waals surface area (Å²) in [5, 5.41) is 13.9. The van der Waals surface area contributed by atoms with Crippen LogP contribution in [0.2, 0.25) is 0 Å². The minimum Gasteiger partial charge on any atom is -0.454 e. The second-order valence-corrected chi connectivity index (χ2v) is 7.60. The minimum absolute atomic E-state index is 0.00405. The van der Waals surface area contributed by atoms with Crippen LogP contribution in [0.4, 0.5) is 11.4 Å². The fraction of sp³-hybridized carbons (Fsp3) is 0.100. The summed E-state index contributed by atoms with van der Waals surface area (Å²) < 4.78 is 12.4. The standard InChI is InChI=1S/C20H14N4O5S/c1-11-18(19(25)21-13-5-6-16-17(8-13)29-10-28-16)30-20-22-15(9-23(11)20)12-3-2-4-14(7-12)24(26)27/h2-9H,10H2,1H3,(H,21,25). The quantitative estimate of drug-likeness (QED) is 0.389. The molecule has 5 rings (SSSR count). The average molecular weight is 422 g/mol. The molecule has 1 aliphatic rings. The number of aromatic nitrogens is 2. The number of rotatable bonds is 4. The first kappa shape index (κ1) is 18.1. The number of nitro groups is 1. The SMILES string of the molecule is Cc1c(C(=O)Nc2ccc3c(c2)OCO3)sc2nc(-c3cccc([N+](=O)[O-])c3)cn12. The molecule has 1 N–H and O–H groups in total. The van der Waals surface area contributed by atoms with Crippen LogP contribution < -0.4 is 14.8 Å². The lowest BCUT2D eigenvalue weighted by Crippen LogP contribution is -2.11. The molecule has 1 aliphatic heterocycles. The fourth-order valence-corrected chi connectivity index (χ4v) is 4.25. The summed E-state index contributed by atoms with van der Waals surface area (Å²) in [6.07, 6.45) is 1.78. The van der Waals surface area contributed by atoms with Crippen molar-refractivity contribution in [1.82, 2.24) is 9.38 Å². The summed E-state index contributed by atoms with van der Waals surface area (Å²) in [5.74, 6) is 0.985. The lowest BCUT2D eigenvalue weighted by atomic mass is 10.1. The third-order valence-corrected chi connectivity index (χ3v) is 5.90. The molecule has 0 fully saturated rings. The van der Waals surface area contributed by atoms with E-state index in [1.54, 1.807) is 36.5 Å². The van der Waals surface area contributed by atoms with Crippen molar-refractivity contribution in [2.45, 2.75) is 6.92 Å². The second-order valence-electron chi connectivity index (χ2n) is 6.62. The van der Waals surface area contributed by atoms with Gasteiger partial charge in [0.1, 0.15) is 4.88 Å². The van der Waals surface area contributed by atoms with Crippen molar-refractivity contribution >= 4 is 33.6 Å². The zero-order valence-corrected chi connectivity index (χ0v) is 16.4. The summed E-state index contributed by atoms with van der Waals surface area (Å²) in [7, 11) is 0. The topological polar surface area (TPSA) is 108 Å². The van der Waals surface area contributed by atoms with E-state index in [9.17, 15) is 14.9 Å². The van der Waals surface area contributed by atoms with E-state index in [1.807, 2.05) is 11.3 Å². The van der Waals surface area contributed by atoms with Gasteiger partial charge in [0.2, 0.25) is 6.79 Å². The van der Waals surface area contributed by atoms with Crippen LogP contribution in [-0.2, 0) is 0 Å². The number of non-ortho nitro benzene ring substituents is 1. The van der Waals surface area contributed by atoms with Gasteiger partial charge in [-0.3, -0.25) is 19.3 Å². The molecule has 0 radical (unpaired) electrons. The number of anilines is 1. The highest BCUT2D eigenvalue weighted by atomic mass is 32.1. The molecule has 9 nitrogen and oxygen atoms in total. The Morgan fingerprint density at radius 1 is 1.23 bits per heavy atom. The molecule has 0 atom stereocenters. The molecule has 0 spiro atoms. The summed E-state index contributed by atoms with van der Waals surface area (Å²) in [4.78, 5) is 29.1. The molecular formula is C20H14N4O5S. The van der Waals surface area contributed by atoms with Crippen LogP contribution in [0.5, 0.6) is 11.5 Å². The van der Waals surface area contributed by atoms with Gasteiger partial charge in [0.05, 0.1) is 10.6 Å². The fourth-order valence-electron chi connectivity index (χ4n) is 3.24. The summed E-state index contributed by atoms with van der Waals surface area (Å²) >= 11 is 1.25. The molecule has 0 saturated heterocycles. The number of aryl methyl sites for hydroxylation is 1. The molecule has 3 heterocycles. The number of nitro benzene ring substituents is 1. The number of amides is 1. The Hall–Kier alpha value is -3.92. The average Bonchev–Trinajstić information content (AvgIpc) is 3.44. The molecule has 30 heavy (non-hydrogen) atoms. The molecule has 4 aromatic rings. The summed E-state index contributed by atoms with van der Waals surface area (Å²) in [6.45, 7) is 2.00. The van der Waals surface area contributed by atoms with Gasteiger partial charge in [-0.15, -0.1) is 0 Å². The number of carbonyl (C=O) groups excluding carboxylic acids is 1. The van der Waals surface area contributed by atoms with Crippen LogP contribution in [0.1, 0.15) is 15.4 Å². The number of hydrogen-bond acceptors (Lipinski definition) is 7. The van der Waals surface area contributed by atoms with E-state index in [2.05, 4.69) is 10.3 Å². The predicted octanol–water partition coefficient (Wildman–Crippen LogP) is 4.26. The molecule has 0 bridgehead atoms. The smallest absolute Gasteiger partial charge is 0.270 e. The van der Waals surface area contributed by atoms with Gasteiger partial charge in [-0.05, 0) is 19.1 Å². The maximum absolute atomic E-state index is 12.8. The van der Waals surface area contributed by atoms with E-state index in [4.69, 9.17) is 9.47 Å². The molecular weight excluding hydrogens is 408 g/mol. The second kappa shape index (κ2) is 6.85. The normalized spacial score (nSPS) is 12.3. The van der Waals surface area contributed by atoms with Crippen LogP contribution in [-0.4, -0.2) is 27.0 Å². The van der Waals surface area contributed by atoms with E-state index in [-0.39, 0.29) is 18.4 Å². The minimum atomic E-state index is -0.439. The van der Waals surface area contributed by atoms with Crippen molar-refractivity contribution in [2.75, 3.05) is 12.1 Å². The van der Waals surface area contributed by atoms with E-state index in [0.29, 0.717) is 38.3 Å². The van der Waals surface area contributed by atoms with Gasteiger partial charge in [-0.1, -0.05) is 23.5 Å². The third-order valence-electron chi connectivity index (χ3n) is 4.75. The largest absolute Gasteiger partial charge is 0.454 e. The lowest BCUT2D eigenvalue weighted by Gasteiger charge is -2.05. The highest BCUT2D eigenvalue weighted by Crippen LogP contribution is 2.35. The Labute approximate surface area is 173 Å². The van der Waals surface area contributed by atoms with Crippen molar-refractivity contribution in [1.29, 1.82) is 0 Å². The number of nitrogens with one attached hydrogen (secondary N) is 1. The monoisotopic (exact) mass is 422 g/mol. The zero-order valence-electron chi connectivity index (χ0n) is 15.6. The van der Waals surface area contributed by atoms with Crippen molar-refractivity contribution in [2.24, 2.45) is 0 Å². The van der Waals surface area contributed by atoms with Crippen molar-refractivity contribution < 1.29 is 19.2 Å². The van der Waals surface area contributed by atoms with Gasteiger partial charge in [0.25, 0.3) is 11.6 Å². The van der Waals surface area contributed by atoms with Gasteiger partial charge in [0, 0.05) is 41.3 Å². The Bertz CT molecular complexity index is 1330. The Morgan fingerprint density at radius 2 is 2.07 bits per heavy atom. The van der Waals surface area contributed by atoms with Gasteiger partial charge >= 0.3 is 0 Å². The number of thiazole rings is 1. The first-order valence-corrected chi connectivity index (χ1v) is 9.75. The van der Waals surface area contributed by atoms with E-state index in [0.717, 1.165) is 5.69 Å². The Balaban J connectivity index is 1.43. The number of nitrogens with zero attached hydrogens (tertiary/aromatic N) is 3. The van der Waals surface area contributed by atoms with Gasteiger partial charge in [0.15, 0.2) is 16.5 Å². The summed E-state index contributed by atoms with van der Waals surface area (Å²) in [6, 6.07) is 11.5. The molecule has 0 unspecified atom stereocenters. The van der Waals surface area contributed by atoms with Crippen molar-refractivity contribution in [3.05, 3.63) is 69.3 Å². The van der Waals surface area contributed by atoms with Gasteiger partial charge in [-0.25, -0.2) is 4.98 Å². The molecule has 0 saturated carbocycles. The Kier molecular flexibility index (Phi) is 4.14. The molecule has 1 amide bonds. The predicted molar refractivity (Wildman–Crippen MR) is 110 cm³/mol.